The topological polar surface area (TPSA) is 108 Å². The maximum atomic E-state index is 12.9. The van der Waals surface area contributed by atoms with Gasteiger partial charge in [0.05, 0.1) is 34.4 Å². The average Bonchev–Trinajstić information content (AvgIpc) is 3.44. The number of nitrogens with zero attached hydrogens (tertiary/aromatic N) is 1. The lowest BCUT2D eigenvalue weighted by atomic mass is 10.0. The minimum absolute atomic E-state index is 0.175. The van der Waals surface area contributed by atoms with Gasteiger partial charge < -0.3 is 28.5 Å². The summed E-state index contributed by atoms with van der Waals surface area (Å²) >= 11 is 0. The van der Waals surface area contributed by atoms with Crippen molar-refractivity contribution < 1.29 is 42.9 Å². The molecule has 0 fully saturated rings. The van der Waals surface area contributed by atoms with Gasteiger partial charge in [-0.3, -0.25) is 9.59 Å². The summed E-state index contributed by atoms with van der Waals surface area (Å²) in [5.74, 6) is -2.08. The van der Waals surface area contributed by atoms with E-state index < -0.39 is 30.3 Å². The smallest absolute Gasteiger partial charge is 0.361 e. The van der Waals surface area contributed by atoms with Crippen LogP contribution in [0.3, 0.4) is 0 Å². The molecule has 9 nitrogen and oxygen atoms in total. The van der Waals surface area contributed by atoms with E-state index in [9.17, 15) is 19.5 Å². The highest BCUT2D eigenvalue weighted by Gasteiger charge is 2.25. The molecule has 9 heteroatoms. The van der Waals surface area contributed by atoms with Crippen molar-refractivity contribution >= 4 is 17.9 Å². The molecule has 0 spiro atoms. The molecule has 0 saturated carbocycles. The number of quaternary nitrogens is 1. The Kier molecular flexibility index (Phi) is 58.5. The third-order valence-corrected chi connectivity index (χ3v) is 13.7. The number of allylic oxidation sites excluding steroid dienone is 20. The minimum atomic E-state index is -1.53. The monoisotopic (exact) mass is 1130 g/mol. The van der Waals surface area contributed by atoms with E-state index in [0.29, 0.717) is 23.9 Å². The molecule has 0 radical (unpaired) electrons. The maximum Gasteiger partial charge on any atom is 0.361 e. The van der Waals surface area contributed by atoms with Crippen LogP contribution < -0.4 is 0 Å². The third-order valence-electron chi connectivity index (χ3n) is 13.7. The zero-order chi connectivity index (χ0) is 59.1. The number of likely N-dealkylation sites (N-methyl/N-ethyl adjacent to an activating group) is 1. The molecule has 0 heterocycles. The van der Waals surface area contributed by atoms with E-state index in [0.717, 1.165) is 83.5 Å². The summed E-state index contributed by atoms with van der Waals surface area (Å²) in [4.78, 5) is 37.4. The highest BCUT2D eigenvalue weighted by molar-refractivity contribution is 5.71. The second-order valence-corrected chi connectivity index (χ2v) is 22.7. The van der Waals surface area contributed by atoms with Gasteiger partial charge in [0.25, 0.3) is 6.29 Å². The fraction of sp³-hybridized carbons (Fsp3) is 0.681. The number of carboxylic acid groups (broad SMARTS) is 1. The molecule has 0 bridgehead atoms. The Balaban J connectivity index is 4.06. The number of aliphatic carboxylic acids is 1. The van der Waals surface area contributed by atoms with Gasteiger partial charge in [0.15, 0.2) is 6.10 Å². The lowest BCUT2D eigenvalue weighted by molar-refractivity contribution is -0.870. The maximum absolute atomic E-state index is 12.9. The van der Waals surface area contributed by atoms with Gasteiger partial charge in [0, 0.05) is 12.8 Å². The van der Waals surface area contributed by atoms with Crippen LogP contribution in [0.2, 0.25) is 0 Å². The number of hydrogen-bond acceptors (Lipinski definition) is 7. The van der Waals surface area contributed by atoms with Crippen molar-refractivity contribution in [1.29, 1.82) is 0 Å². The molecule has 462 valence electrons. The molecule has 81 heavy (non-hydrogen) atoms. The van der Waals surface area contributed by atoms with E-state index in [-0.39, 0.29) is 32.7 Å². The van der Waals surface area contributed by atoms with Crippen molar-refractivity contribution in [3.8, 4) is 0 Å². The van der Waals surface area contributed by atoms with Crippen LogP contribution in [0.4, 0.5) is 0 Å². The standard InChI is InChI=1S/C72H121NO8/c1-6-8-10-12-14-16-18-20-22-24-25-26-27-28-29-30-31-32-33-34-35-36-37-38-39-40-41-42-43-44-45-47-49-51-53-55-57-59-61-63-70(75)81-68(67-80-72(71(76)77)78-65-64-73(3,4)5)66-79-69(74)62-60-58-56-54-52-50-48-46-23-21-19-17-15-13-11-9-7-2/h8-11,14-17,20-23,25-26,28-29,48,50,54,56,68,72H,6-7,12-13,18-19,24,27,30-47,49,51-53,55,57-67H2,1-5H3/p+1/b10-8-,11-9-,16-14-,17-15-,22-20-,23-21-,26-25-,29-28-,50-48-,56-54-. The molecule has 0 aliphatic carbocycles. The van der Waals surface area contributed by atoms with E-state index in [1.54, 1.807) is 0 Å². The van der Waals surface area contributed by atoms with E-state index in [4.69, 9.17) is 18.9 Å². The Hall–Kier alpha value is -4.31. The Morgan fingerprint density at radius 3 is 1.02 bits per heavy atom. The number of hydrogen-bond donors (Lipinski definition) is 1. The summed E-state index contributed by atoms with van der Waals surface area (Å²) in [6.07, 6.45) is 84.7. The van der Waals surface area contributed by atoms with Gasteiger partial charge in [-0.15, -0.1) is 0 Å². The van der Waals surface area contributed by atoms with Crippen molar-refractivity contribution in [2.24, 2.45) is 0 Å². The highest BCUT2D eigenvalue weighted by atomic mass is 16.7. The van der Waals surface area contributed by atoms with Crippen LogP contribution in [-0.4, -0.2) is 87.4 Å². The van der Waals surface area contributed by atoms with Crippen LogP contribution in [-0.2, 0) is 33.3 Å². The number of esters is 2. The van der Waals surface area contributed by atoms with Crippen molar-refractivity contribution in [2.75, 3.05) is 47.5 Å². The molecule has 0 aromatic carbocycles. The highest BCUT2D eigenvalue weighted by Crippen LogP contribution is 2.17. The number of carboxylic acids is 1. The van der Waals surface area contributed by atoms with Gasteiger partial charge in [-0.2, -0.15) is 0 Å². The van der Waals surface area contributed by atoms with Crippen LogP contribution in [0.25, 0.3) is 0 Å². The van der Waals surface area contributed by atoms with Gasteiger partial charge in [0.1, 0.15) is 13.2 Å². The molecule has 0 saturated heterocycles. The second-order valence-electron chi connectivity index (χ2n) is 22.7. The Labute approximate surface area is 497 Å². The Morgan fingerprint density at radius 2 is 0.679 bits per heavy atom. The number of unbranched alkanes of at least 4 members (excludes halogenated alkanes) is 24. The van der Waals surface area contributed by atoms with Crippen LogP contribution in [0, 0.1) is 0 Å². The van der Waals surface area contributed by atoms with Crippen LogP contribution in [0.5, 0.6) is 0 Å². The second kappa shape index (κ2) is 61.8. The first-order valence-corrected chi connectivity index (χ1v) is 32.7. The van der Waals surface area contributed by atoms with E-state index >= 15 is 0 Å². The molecule has 2 unspecified atom stereocenters. The summed E-state index contributed by atoms with van der Waals surface area (Å²) in [5, 5.41) is 9.71. The Bertz CT molecular complexity index is 1740. The number of rotatable bonds is 59. The number of carbonyl (C=O) groups excluding carboxylic acids is 2. The molecule has 0 aromatic heterocycles. The summed E-state index contributed by atoms with van der Waals surface area (Å²) in [6, 6.07) is 0. The van der Waals surface area contributed by atoms with Crippen LogP contribution >= 0.6 is 0 Å². The lowest BCUT2D eigenvalue weighted by Crippen LogP contribution is -2.40. The van der Waals surface area contributed by atoms with E-state index in [2.05, 4.69) is 135 Å². The van der Waals surface area contributed by atoms with Crippen LogP contribution in [0.1, 0.15) is 258 Å². The van der Waals surface area contributed by atoms with Gasteiger partial charge >= 0.3 is 17.9 Å². The van der Waals surface area contributed by atoms with Crippen molar-refractivity contribution in [1.82, 2.24) is 0 Å². The zero-order valence-corrected chi connectivity index (χ0v) is 52.7. The normalized spacial score (nSPS) is 13.5. The van der Waals surface area contributed by atoms with Gasteiger partial charge in [-0.1, -0.05) is 270 Å². The predicted molar refractivity (Wildman–Crippen MR) is 345 cm³/mol. The minimum Gasteiger partial charge on any atom is -0.477 e. The molecular formula is C72H122NO8+. The third kappa shape index (κ3) is 63.1. The molecule has 0 amide bonds. The summed E-state index contributed by atoms with van der Waals surface area (Å²) in [6.45, 7) is 4.59. The SMILES string of the molecule is CC/C=C\C/C=C\C/C=C\C/C=C\C/C=C\CCCCCCCCCCCCCCCCCCCCCCCCCC(=O)OC(COC(=O)CCC/C=C\C/C=C\C/C=C\C/C=C\C/C=C\CC)COC(OCC[N+](C)(C)C)C(=O)O. The molecule has 0 aromatic rings. The largest absolute Gasteiger partial charge is 0.477 e. The molecule has 0 aliphatic rings. The summed E-state index contributed by atoms with van der Waals surface area (Å²) in [5.41, 5.74) is 0. The van der Waals surface area contributed by atoms with Crippen molar-refractivity contribution in [3.05, 3.63) is 122 Å². The molecular weight excluding hydrogens is 1010 g/mol. The lowest BCUT2D eigenvalue weighted by Gasteiger charge is -2.25. The van der Waals surface area contributed by atoms with Crippen LogP contribution in [0.15, 0.2) is 122 Å². The quantitative estimate of drug-likeness (QED) is 0.0211. The van der Waals surface area contributed by atoms with Crippen molar-refractivity contribution in [2.45, 2.75) is 270 Å². The number of carbonyl (C=O) groups is 3. The average molecular weight is 1130 g/mol. The van der Waals surface area contributed by atoms with Crippen molar-refractivity contribution in [3.63, 3.8) is 0 Å². The first-order chi connectivity index (χ1) is 39.6. The Morgan fingerprint density at radius 1 is 0.370 bits per heavy atom. The summed E-state index contributed by atoms with van der Waals surface area (Å²) in [7, 11) is 5.95. The fourth-order valence-electron chi connectivity index (χ4n) is 8.78. The molecule has 0 aliphatic heterocycles. The van der Waals surface area contributed by atoms with Gasteiger partial charge in [-0.05, 0) is 96.3 Å². The van der Waals surface area contributed by atoms with E-state index in [1.807, 2.05) is 21.1 Å². The predicted octanol–water partition coefficient (Wildman–Crippen LogP) is 20.0. The zero-order valence-electron chi connectivity index (χ0n) is 52.7. The molecule has 2 atom stereocenters. The summed E-state index contributed by atoms with van der Waals surface area (Å²) < 4.78 is 22.8. The molecule has 0 rings (SSSR count). The van der Waals surface area contributed by atoms with Gasteiger partial charge in [-0.25, -0.2) is 4.79 Å². The van der Waals surface area contributed by atoms with Gasteiger partial charge in [0.2, 0.25) is 0 Å². The number of ether oxygens (including phenoxy) is 4. The first-order valence-electron chi connectivity index (χ1n) is 32.7. The fourth-order valence-corrected chi connectivity index (χ4v) is 8.78. The molecule has 1 N–H and O–H groups in total. The van der Waals surface area contributed by atoms with E-state index in [1.165, 1.54) is 135 Å². The first kappa shape index (κ1) is 76.7.